The zero-order valence-electron chi connectivity index (χ0n) is 8.79. The first-order valence-electron chi connectivity index (χ1n) is 4.50. The maximum atomic E-state index is 11.0. The zero-order chi connectivity index (χ0) is 11.7. The Bertz CT molecular complexity index is 597. The molecule has 1 unspecified atom stereocenters. The number of carboxylic acids is 1. The van der Waals surface area contributed by atoms with Crippen molar-refractivity contribution in [3.05, 3.63) is 52.1 Å². The molecule has 0 aliphatic heterocycles. The van der Waals surface area contributed by atoms with Gasteiger partial charge in [0.2, 0.25) is 0 Å². The summed E-state index contributed by atoms with van der Waals surface area (Å²) in [4.78, 5) is 21.1. The van der Waals surface area contributed by atoms with Gasteiger partial charge in [0.05, 0.1) is 4.92 Å². The first kappa shape index (κ1) is 13.1. The van der Waals surface area contributed by atoms with Gasteiger partial charge in [0, 0.05) is 11.5 Å². The number of aromatic carboxylic acids is 1. The number of fused-ring (bicyclic) bond motifs is 1. The van der Waals surface area contributed by atoms with Crippen LogP contribution in [0.15, 0.2) is 36.4 Å². The first-order chi connectivity index (χ1) is 7.61. The highest BCUT2D eigenvalue weighted by Gasteiger charge is 2.22. The van der Waals surface area contributed by atoms with E-state index in [1.165, 1.54) is 6.07 Å². The molecule has 17 heavy (non-hydrogen) atoms. The summed E-state index contributed by atoms with van der Waals surface area (Å²) in [5.74, 6) is -1.29. The Morgan fingerprint density at radius 2 is 1.82 bits per heavy atom. The van der Waals surface area contributed by atoms with E-state index in [9.17, 15) is 14.9 Å². The van der Waals surface area contributed by atoms with Crippen LogP contribution in [0.1, 0.15) is 10.4 Å². The fourth-order valence-electron chi connectivity index (χ4n) is 1.64. The number of rotatable bonds is 2. The second kappa shape index (κ2) is 4.89. The molecule has 0 spiro atoms. The van der Waals surface area contributed by atoms with Crippen molar-refractivity contribution in [1.82, 2.24) is 0 Å². The summed E-state index contributed by atoms with van der Waals surface area (Å²) in [6.07, 6.45) is 0. The summed E-state index contributed by atoms with van der Waals surface area (Å²) >= 11 is 0. The Balaban J connectivity index is 0.00000144. The highest BCUT2D eigenvalue weighted by Crippen LogP contribution is 2.27. The van der Waals surface area contributed by atoms with Crippen LogP contribution in [0.5, 0.6) is 0 Å². The van der Waals surface area contributed by atoms with Gasteiger partial charge in [-0.3, -0.25) is 10.1 Å². The molecule has 0 bridgehead atoms. The number of nitro groups is 1. The average molecular weight is 251 g/mol. The monoisotopic (exact) mass is 251 g/mol. The Morgan fingerprint density at radius 3 is 2.41 bits per heavy atom. The van der Waals surface area contributed by atoms with Crippen molar-refractivity contribution in [2.45, 2.75) is 0 Å². The fraction of sp³-hybridized carbons (Fsp3) is 0. The van der Waals surface area contributed by atoms with Crippen LogP contribution in [0.25, 0.3) is 10.8 Å². The lowest BCUT2D eigenvalue weighted by Crippen LogP contribution is -2.03. The molecule has 0 saturated carbocycles. The van der Waals surface area contributed by atoms with E-state index in [0.29, 0.717) is 10.8 Å². The third kappa shape index (κ3) is 2.24. The molecule has 0 saturated heterocycles. The van der Waals surface area contributed by atoms with Gasteiger partial charge in [-0.15, -0.1) is 0 Å². The minimum atomic E-state index is -1.29. The van der Waals surface area contributed by atoms with Crippen molar-refractivity contribution in [1.29, 1.82) is 0 Å². The molecule has 2 rings (SSSR count). The molecule has 2 aromatic carbocycles. The summed E-state index contributed by atoms with van der Waals surface area (Å²) in [5.41, 5.74) is -0.644. The van der Waals surface area contributed by atoms with Crippen molar-refractivity contribution in [2.24, 2.45) is 0 Å². The molecular formula is C11H10NO4P. The maximum Gasteiger partial charge on any atom is 0.343 e. The van der Waals surface area contributed by atoms with Crippen LogP contribution in [-0.4, -0.2) is 16.0 Å². The number of hydrogen-bond donors (Lipinski definition) is 1. The molecule has 5 nitrogen and oxygen atoms in total. The third-order valence-corrected chi connectivity index (χ3v) is 2.32. The third-order valence-electron chi connectivity index (χ3n) is 2.32. The fourth-order valence-corrected chi connectivity index (χ4v) is 1.64. The van der Waals surface area contributed by atoms with Gasteiger partial charge >= 0.3 is 5.97 Å². The second-order valence-corrected chi connectivity index (χ2v) is 3.24. The van der Waals surface area contributed by atoms with Crippen molar-refractivity contribution in [3.63, 3.8) is 0 Å². The molecule has 2 aromatic rings. The molecule has 88 valence electrons. The molecule has 0 aliphatic carbocycles. The summed E-state index contributed by atoms with van der Waals surface area (Å²) in [7, 11) is 0. The molecule has 1 atom stereocenters. The molecule has 0 fully saturated rings. The summed E-state index contributed by atoms with van der Waals surface area (Å²) in [5, 5.41) is 20.8. The summed E-state index contributed by atoms with van der Waals surface area (Å²) in [6, 6.07) is 9.43. The zero-order valence-corrected chi connectivity index (χ0v) is 10.2. The van der Waals surface area contributed by atoms with Gasteiger partial charge in [-0.05, 0) is 11.5 Å². The van der Waals surface area contributed by atoms with Crippen LogP contribution in [0.4, 0.5) is 5.69 Å². The molecule has 1 N–H and O–H groups in total. The number of hydrogen-bond acceptors (Lipinski definition) is 3. The van der Waals surface area contributed by atoms with E-state index in [0.717, 1.165) is 0 Å². The lowest BCUT2D eigenvalue weighted by atomic mass is 10.0. The van der Waals surface area contributed by atoms with Crippen molar-refractivity contribution < 1.29 is 14.8 Å². The van der Waals surface area contributed by atoms with Crippen LogP contribution in [0.2, 0.25) is 0 Å². The quantitative estimate of drug-likeness (QED) is 0.505. The Kier molecular flexibility index (Phi) is 3.76. The largest absolute Gasteiger partial charge is 0.477 e. The smallest absolute Gasteiger partial charge is 0.343 e. The van der Waals surface area contributed by atoms with E-state index in [1.807, 2.05) is 0 Å². The predicted octanol–water partition coefficient (Wildman–Crippen LogP) is 2.50. The molecule has 6 heteroatoms. The molecule has 0 aliphatic rings. The number of carbonyl (C=O) groups is 1. The van der Waals surface area contributed by atoms with E-state index < -0.39 is 10.9 Å². The highest BCUT2D eigenvalue weighted by atomic mass is 31.0. The number of nitrogens with zero attached hydrogens (tertiary/aromatic N) is 1. The summed E-state index contributed by atoms with van der Waals surface area (Å²) < 4.78 is 0. The van der Waals surface area contributed by atoms with E-state index in [1.54, 1.807) is 30.3 Å². The Labute approximate surface area is 99.8 Å². The number of benzene rings is 2. The first-order valence-corrected chi connectivity index (χ1v) is 4.50. The highest BCUT2D eigenvalue weighted by molar-refractivity contribution is 6.92. The number of nitro benzene ring substituents is 1. The lowest BCUT2D eigenvalue weighted by molar-refractivity contribution is -0.385. The summed E-state index contributed by atoms with van der Waals surface area (Å²) in [6.45, 7) is 0. The van der Waals surface area contributed by atoms with Crippen molar-refractivity contribution >= 4 is 32.3 Å². The average Bonchev–Trinajstić information content (AvgIpc) is 2.27. The SMILES string of the molecule is O=C(O)c1c([N+](=O)[O-])ccc2ccccc12.P. The van der Waals surface area contributed by atoms with Gasteiger partial charge < -0.3 is 5.11 Å². The van der Waals surface area contributed by atoms with Crippen LogP contribution < -0.4 is 0 Å². The van der Waals surface area contributed by atoms with E-state index >= 15 is 0 Å². The van der Waals surface area contributed by atoms with E-state index in [-0.39, 0.29) is 21.1 Å². The van der Waals surface area contributed by atoms with Gasteiger partial charge in [-0.2, -0.15) is 9.90 Å². The Hall–Kier alpha value is -2.00. The van der Waals surface area contributed by atoms with Crippen LogP contribution in [-0.2, 0) is 0 Å². The number of carboxylic acid groups (broad SMARTS) is 1. The van der Waals surface area contributed by atoms with Crippen LogP contribution in [0.3, 0.4) is 0 Å². The normalized spacial score (nSPS) is 9.65. The van der Waals surface area contributed by atoms with Crippen molar-refractivity contribution in [3.8, 4) is 0 Å². The van der Waals surface area contributed by atoms with Gasteiger partial charge in [-0.25, -0.2) is 4.79 Å². The predicted molar refractivity (Wildman–Crippen MR) is 68.7 cm³/mol. The molecule has 0 radical (unpaired) electrons. The second-order valence-electron chi connectivity index (χ2n) is 3.24. The van der Waals surface area contributed by atoms with Crippen LogP contribution in [0, 0.1) is 10.1 Å². The maximum absolute atomic E-state index is 11.0. The molecule has 0 heterocycles. The van der Waals surface area contributed by atoms with Gasteiger partial charge in [0.25, 0.3) is 5.69 Å². The van der Waals surface area contributed by atoms with Gasteiger partial charge in [0.1, 0.15) is 5.56 Å². The minimum Gasteiger partial charge on any atom is -0.477 e. The topological polar surface area (TPSA) is 80.4 Å². The molecule has 0 amide bonds. The standard InChI is InChI=1S/C11H7NO4.H3P/c13-11(14)10-8-4-2-1-3-7(8)5-6-9(10)12(15)16;/h1-6H,(H,13,14);1H3. The van der Waals surface area contributed by atoms with Crippen molar-refractivity contribution in [2.75, 3.05) is 0 Å². The molecule has 0 aromatic heterocycles. The Morgan fingerprint density at radius 1 is 1.18 bits per heavy atom. The van der Waals surface area contributed by atoms with Gasteiger partial charge in [0.15, 0.2) is 0 Å². The van der Waals surface area contributed by atoms with E-state index in [4.69, 9.17) is 5.11 Å². The van der Waals surface area contributed by atoms with Crippen LogP contribution >= 0.6 is 9.90 Å². The molecular weight excluding hydrogens is 241 g/mol. The van der Waals surface area contributed by atoms with Gasteiger partial charge in [-0.1, -0.05) is 24.3 Å². The lowest BCUT2D eigenvalue weighted by Gasteiger charge is -2.02. The minimum absolute atomic E-state index is 0. The van der Waals surface area contributed by atoms with E-state index in [2.05, 4.69) is 0 Å².